The molecule has 2 aromatic carbocycles. The monoisotopic (exact) mass is 475 g/mol. The molecule has 4 rings (SSSR count). The van der Waals surface area contributed by atoms with Crippen molar-refractivity contribution in [2.45, 2.75) is 12.7 Å². The zero-order chi connectivity index (χ0) is 24.3. The highest BCUT2D eigenvalue weighted by Gasteiger charge is 2.33. The smallest absolute Gasteiger partial charge is 0.378 e. The number of hydrogen-bond acceptors (Lipinski definition) is 6. The summed E-state index contributed by atoms with van der Waals surface area (Å²) in [5, 5.41) is 17.5. The van der Waals surface area contributed by atoms with Crippen molar-refractivity contribution in [1.29, 1.82) is 0 Å². The second-order valence-electron chi connectivity index (χ2n) is 7.55. The molecule has 1 aromatic heterocycles. The molecule has 1 aliphatic rings. The van der Waals surface area contributed by atoms with E-state index in [-0.39, 0.29) is 17.8 Å². The molecule has 34 heavy (non-hydrogen) atoms. The lowest BCUT2D eigenvalue weighted by atomic mass is 10.1. The Hall–Kier alpha value is -3.93. The number of hydrogen-bond donors (Lipinski definition) is 1. The van der Waals surface area contributed by atoms with Crippen LogP contribution in [-0.2, 0) is 17.5 Å². The third-order valence-electron chi connectivity index (χ3n) is 5.32. The van der Waals surface area contributed by atoms with Crippen molar-refractivity contribution >= 4 is 17.3 Å². The first-order valence-corrected chi connectivity index (χ1v) is 10.3. The fraction of sp³-hybridized carbons (Fsp3) is 0.273. The van der Waals surface area contributed by atoms with Gasteiger partial charge in [-0.3, -0.25) is 14.9 Å². The van der Waals surface area contributed by atoms with Crippen LogP contribution in [-0.4, -0.2) is 46.9 Å². The second-order valence-corrected chi connectivity index (χ2v) is 7.55. The lowest BCUT2D eigenvalue weighted by molar-refractivity contribution is -0.384. The lowest BCUT2D eigenvalue weighted by Gasteiger charge is -2.30. The van der Waals surface area contributed by atoms with E-state index in [1.54, 1.807) is 30.3 Å². The zero-order valence-corrected chi connectivity index (χ0v) is 17.8. The molecule has 178 valence electrons. The quantitative estimate of drug-likeness (QED) is 0.432. The van der Waals surface area contributed by atoms with Gasteiger partial charge in [0.2, 0.25) is 0 Å². The third kappa shape index (κ3) is 5.17. The van der Waals surface area contributed by atoms with Crippen LogP contribution < -0.4 is 10.2 Å². The first kappa shape index (κ1) is 23.2. The number of nitrogens with zero attached hydrogens (tertiary/aromatic N) is 4. The molecule has 0 bridgehead atoms. The summed E-state index contributed by atoms with van der Waals surface area (Å²) < 4.78 is 44.7. The van der Waals surface area contributed by atoms with E-state index in [4.69, 9.17) is 4.74 Å². The number of alkyl halides is 3. The van der Waals surface area contributed by atoms with E-state index in [2.05, 4.69) is 10.4 Å². The second kappa shape index (κ2) is 9.51. The summed E-state index contributed by atoms with van der Waals surface area (Å²) in [6.07, 6.45) is -3.31. The Kier molecular flexibility index (Phi) is 6.50. The van der Waals surface area contributed by atoms with Crippen LogP contribution >= 0.6 is 0 Å². The van der Waals surface area contributed by atoms with E-state index in [0.717, 1.165) is 10.7 Å². The highest BCUT2D eigenvalue weighted by molar-refractivity contribution is 6.00. The SMILES string of the molecule is O=C(NCc1ccc(-n2ccc(C(F)(F)F)n2)cc1)c1cc([N+](=O)[O-])ccc1N1CCOCC1. The summed E-state index contributed by atoms with van der Waals surface area (Å²) in [7, 11) is 0. The molecule has 1 N–H and O–H groups in total. The van der Waals surface area contributed by atoms with E-state index >= 15 is 0 Å². The molecule has 0 spiro atoms. The predicted octanol–water partition coefficient (Wildman–Crippen LogP) is 3.57. The molecule has 12 heteroatoms. The van der Waals surface area contributed by atoms with Gasteiger partial charge in [-0.25, -0.2) is 4.68 Å². The summed E-state index contributed by atoms with van der Waals surface area (Å²) in [6.45, 7) is 2.22. The van der Waals surface area contributed by atoms with Crippen LogP contribution in [0.25, 0.3) is 5.69 Å². The number of non-ortho nitro benzene ring substituents is 1. The maximum Gasteiger partial charge on any atom is 0.435 e. The van der Waals surface area contributed by atoms with Gasteiger partial charge in [-0.1, -0.05) is 12.1 Å². The van der Waals surface area contributed by atoms with Gasteiger partial charge in [-0.15, -0.1) is 0 Å². The summed E-state index contributed by atoms with van der Waals surface area (Å²) in [5.74, 6) is -0.476. The highest BCUT2D eigenvalue weighted by Crippen LogP contribution is 2.28. The zero-order valence-electron chi connectivity index (χ0n) is 17.8. The summed E-state index contributed by atoms with van der Waals surface area (Å²) in [5.41, 5.74) is 0.711. The number of halogens is 3. The van der Waals surface area contributed by atoms with Crippen molar-refractivity contribution in [1.82, 2.24) is 15.1 Å². The first-order valence-electron chi connectivity index (χ1n) is 10.3. The summed E-state index contributed by atoms with van der Waals surface area (Å²) in [4.78, 5) is 25.5. The first-order chi connectivity index (χ1) is 16.2. The van der Waals surface area contributed by atoms with Crippen molar-refractivity contribution in [2.24, 2.45) is 0 Å². The minimum Gasteiger partial charge on any atom is -0.378 e. The lowest BCUT2D eigenvalue weighted by Crippen LogP contribution is -2.38. The van der Waals surface area contributed by atoms with Gasteiger partial charge in [0.05, 0.1) is 35.1 Å². The van der Waals surface area contributed by atoms with E-state index in [9.17, 15) is 28.1 Å². The Morgan fingerprint density at radius 2 is 1.82 bits per heavy atom. The van der Waals surface area contributed by atoms with Gasteiger partial charge in [-0.2, -0.15) is 18.3 Å². The fourth-order valence-corrected chi connectivity index (χ4v) is 3.56. The topological polar surface area (TPSA) is 103 Å². The normalized spacial score (nSPS) is 14.1. The number of benzene rings is 2. The molecule has 3 aromatic rings. The largest absolute Gasteiger partial charge is 0.435 e. The van der Waals surface area contributed by atoms with E-state index in [1.165, 1.54) is 18.3 Å². The Morgan fingerprint density at radius 3 is 2.44 bits per heavy atom. The van der Waals surface area contributed by atoms with Crippen molar-refractivity contribution in [2.75, 3.05) is 31.2 Å². The van der Waals surface area contributed by atoms with Crippen molar-refractivity contribution < 1.29 is 27.6 Å². The van der Waals surface area contributed by atoms with E-state index in [0.29, 0.717) is 43.2 Å². The summed E-state index contributed by atoms with van der Waals surface area (Å²) in [6, 6.07) is 11.5. The number of nitro groups is 1. The minimum atomic E-state index is -4.53. The Balaban J connectivity index is 1.47. The number of carbonyl (C=O) groups is 1. The average Bonchev–Trinajstić information content (AvgIpc) is 3.34. The fourth-order valence-electron chi connectivity index (χ4n) is 3.56. The van der Waals surface area contributed by atoms with Gasteiger partial charge in [0, 0.05) is 38.0 Å². The number of nitro benzene ring substituents is 1. The Bertz CT molecular complexity index is 1190. The van der Waals surface area contributed by atoms with Crippen LogP contribution in [0.1, 0.15) is 21.6 Å². The van der Waals surface area contributed by atoms with Crippen LogP contribution in [0.5, 0.6) is 0 Å². The van der Waals surface area contributed by atoms with Crippen LogP contribution in [0.4, 0.5) is 24.5 Å². The van der Waals surface area contributed by atoms with Gasteiger partial charge in [0.25, 0.3) is 11.6 Å². The molecule has 1 fully saturated rings. The molecule has 1 saturated heterocycles. The van der Waals surface area contributed by atoms with Crippen LogP contribution in [0.3, 0.4) is 0 Å². The number of ether oxygens (including phenoxy) is 1. The third-order valence-corrected chi connectivity index (χ3v) is 5.32. The maximum atomic E-state index is 12.9. The van der Waals surface area contributed by atoms with Gasteiger partial charge >= 0.3 is 6.18 Å². The standard InChI is InChI=1S/C22H20F3N5O4/c23-22(24,25)20-7-8-29(27-20)16-3-1-15(2-4-16)14-26-21(31)18-13-17(30(32)33)5-6-19(18)28-9-11-34-12-10-28/h1-8,13H,9-12,14H2,(H,26,31). The maximum absolute atomic E-state index is 12.9. The number of nitrogens with one attached hydrogen (secondary N) is 1. The minimum absolute atomic E-state index is 0.122. The average molecular weight is 475 g/mol. The van der Waals surface area contributed by atoms with Gasteiger partial charge < -0.3 is 15.0 Å². The van der Waals surface area contributed by atoms with Crippen LogP contribution in [0, 0.1) is 10.1 Å². The molecule has 9 nitrogen and oxygen atoms in total. The number of rotatable bonds is 6. The number of aromatic nitrogens is 2. The number of morpholine rings is 1. The van der Waals surface area contributed by atoms with Crippen LogP contribution in [0.15, 0.2) is 54.7 Å². The highest BCUT2D eigenvalue weighted by atomic mass is 19.4. The number of carbonyl (C=O) groups excluding carboxylic acids is 1. The van der Waals surface area contributed by atoms with Crippen molar-refractivity contribution in [3.63, 3.8) is 0 Å². The van der Waals surface area contributed by atoms with Gasteiger partial charge in [-0.05, 0) is 29.8 Å². The number of anilines is 1. The molecule has 1 aliphatic heterocycles. The molecule has 0 atom stereocenters. The molecule has 0 saturated carbocycles. The molecule has 0 aliphatic carbocycles. The van der Waals surface area contributed by atoms with Gasteiger partial charge in [0.15, 0.2) is 5.69 Å². The predicted molar refractivity (Wildman–Crippen MR) is 116 cm³/mol. The van der Waals surface area contributed by atoms with Crippen LogP contribution in [0.2, 0.25) is 0 Å². The van der Waals surface area contributed by atoms with Gasteiger partial charge in [0.1, 0.15) is 0 Å². The Morgan fingerprint density at radius 1 is 1.12 bits per heavy atom. The van der Waals surface area contributed by atoms with Crippen molar-refractivity contribution in [3.05, 3.63) is 81.7 Å². The van der Waals surface area contributed by atoms with E-state index < -0.39 is 22.7 Å². The Labute approximate surface area is 191 Å². The summed E-state index contributed by atoms with van der Waals surface area (Å²) >= 11 is 0. The molecule has 1 amide bonds. The molecule has 2 heterocycles. The van der Waals surface area contributed by atoms with Crippen molar-refractivity contribution in [3.8, 4) is 5.69 Å². The molecular weight excluding hydrogens is 455 g/mol. The molecular formula is C22H20F3N5O4. The molecule has 0 radical (unpaired) electrons. The molecule has 0 unspecified atom stereocenters. The van der Waals surface area contributed by atoms with E-state index in [1.807, 2.05) is 4.90 Å². The number of amides is 1.